The number of nitrogens with one attached hydrogen (secondary N) is 1. The largest absolute Gasteiger partial charge is 0.376 e. The average molecular weight is 333 g/mol. The van der Waals surface area contributed by atoms with E-state index in [2.05, 4.69) is 20.1 Å². The number of urea groups is 1. The highest BCUT2D eigenvalue weighted by molar-refractivity contribution is 5.75. The number of rotatable bonds is 2. The first-order chi connectivity index (χ1) is 11.7. The predicted octanol–water partition coefficient (Wildman–Crippen LogP) is 2.03. The minimum Gasteiger partial charge on any atom is -0.376 e. The summed E-state index contributed by atoms with van der Waals surface area (Å²) < 4.78 is 7.82. The molecule has 2 saturated heterocycles. The molecule has 0 aliphatic carbocycles. The van der Waals surface area contributed by atoms with Crippen molar-refractivity contribution in [3.8, 4) is 0 Å². The summed E-state index contributed by atoms with van der Waals surface area (Å²) in [6.45, 7) is 4.53. The topological polar surface area (TPSA) is 72.3 Å². The third-order valence-electron chi connectivity index (χ3n) is 5.63. The summed E-state index contributed by atoms with van der Waals surface area (Å²) in [5.41, 5.74) is 0. The van der Waals surface area contributed by atoms with Crippen molar-refractivity contribution in [3.05, 3.63) is 11.6 Å². The van der Waals surface area contributed by atoms with Crippen molar-refractivity contribution >= 4 is 6.03 Å². The quantitative estimate of drug-likeness (QED) is 0.899. The average Bonchev–Trinajstić information content (AvgIpc) is 3.21. The van der Waals surface area contributed by atoms with Crippen molar-refractivity contribution in [1.29, 1.82) is 0 Å². The van der Waals surface area contributed by atoms with Gasteiger partial charge in [-0.25, -0.2) is 4.79 Å². The Hall–Kier alpha value is -1.63. The molecule has 7 nitrogen and oxygen atoms in total. The standard InChI is InChI=1S/C17H27N5O2/c1-12-13(8-11-24-12)18-17(23)21-9-4-2-6-14(21)16-20-19-15-7-3-5-10-22(15)16/h12-14H,2-11H2,1H3,(H,18,23)/t12-,13+,14-/m0/s1. The van der Waals surface area contributed by atoms with Gasteiger partial charge in [-0.05, 0) is 45.4 Å². The van der Waals surface area contributed by atoms with Gasteiger partial charge in [-0.3, -0.25) is 0 Å². The maximum absolute atomic E-state index is 12.9. The Balaban J connectivity index is 1.52. The van der Waals surface area contributed by atoms with E-state index < -0.39 is 0 Å². The first-order valence-corrected chi connectivity index (χ1v) is 9.35. The summed E-state index contributed by atoms with van der Waals surface area (Å²) in [5.74, 6) is 2.07. The number of piperidine rings is 1. The fraction of sp³-hybridized carbons (Fsp3) is 0.824. The van der Waals surface area contributed by atoms with Crippen LogP contribution in [0.25, 0.3) is 0 Å². The van der Waals surface area contributed by atoms with Crippen LogP contribution in [0.15, 0.2) is 0 Å². The number of ether oxygens (including phenoxy) is 1. The Bertz CT molecular complexity index is 602. The number of carbonyl (C=O) groups is 1. The molecule has 3 atom stereocenters. The van der Waals surface area contributed by atoms with Gasteiger partial charge in [0.05, 0.1) is 18.2 Å². The van der Waals surface area contributed by atoms with Crippen LogP contribution in [-0.4, -0.2) is 51.0 Å². The van der Waals surface area contributed by atoms with Gasteiger partial charge >= 0.3 is 6.03 Å². The summed E-state index contributed by atoms with van der Waals surface area (Å²) in [5, 5.41) is 12.0. The number of hydrogen-bond donors (Lipinski definition) is 1. The molecule has 1 N–H and O–H groups in total. The van der Waals surface area contributed by atoms with Crippen LogP contribution in [0.1, 0.15) is 63.1 Å². The first-order valence-electron chi connectivity index (χ1n) is 9.35. The summed E-state index contributed by atoms with van der Waals surface area (Å²) in [6.07, 6.45) is 7.52. The minimum atomic E-state index is 0.0233. The van der Waals surface area contributed by atoms with Crippen LogP contribution in [0.2, 0.25) is 0 Å². The fourth-order valence-corrected chi connectivity index (χ4v) is 4.18. The molecule has 1 aromatic rings. The van der Waals surface area contributed by atoms with Gasteiger partial charge in [-0.2, -0.15) is 0 Å². The van der Waals surface area contributed by atoms with Gasteiger partial charge in [-0.15, -0.1) is 10.2 Å². The smallest absolute Gasteiger partial charge is 0.318 e. The molecule has 0 aromatic carbocycles. The molecule has 4 rings (SSSR count). The zero-order chi connectivity index (χ0) is 16.5. The van der Waals surface area contributed by atoms with E-state index in [1.807, 2.05) is 11.8 Å². The van der Waals surface area contributed by atoms with E-state index in [0.717, 1.165) is 63.4 Å². The molecule has 0 radical (unpaired) electrons. The van der Waals surface area contributed by atoms with Crippen LogP contribution in [0.4, 0.5) is 4.79 Å². The van der Waals surface area contributed by atoms with E-state index in [0.29, 0.717) is 0 Å². The second-order valence-electron chi connectivity index (χ2n) is 7.21. The summed E-state index contributed by atoms with van der Waals surface area (Å²) in [7, 11) is 0. The number of fused-ring (bicyclic) bond motifs is 1. The molecule has 0 bridgehead atoms. The Morgan fingerprint density at radius 1 is 1.17 bits per heavy atom. The normalized spacial score (nSPS) is 30.2. The van der Waals surface area contributed by atoms with Gasteiger partial charge < -0.3 is 19.5 Å². The Morgan fingerprint density at radius 3 is 2.88 bits per heavy atom. The monoisotopic (exact) mass is 333 g/mol. The van der Waals surface area contributed by atoms with Crippen LogP contribution >= 0.6 is 0 Å². The third kappa shape index (κ3) is 2.90. The van der Waals surface area contributed by atoms with Gasteiger partial charge in [-0.1, -0.05) is 0 Å². The molecule has 2 fully saturated rings. The van der Waals surface area contributed by atoms with Gasteiger partial charge in [0.1, 0.15) is 5.82 Å². The van der Waals surface area contributed by atoms with E-state index in [1.54, 1.807) is 0 Å². The van der Waals surface area contributed by atoms with Crippen LogP contribution in [0.3, 0.4) is 0 Å². The molecule has 0 spiro atoms. The Kier molecular flexibility index (Phi) is 4.43. The molecular formula is C17H27N5O2. The lowest BCUT2D eigenvalue weighted by Crippen LogP contribution is -2.50. The van der Waals surface area contributed by atoms with Crippen molar-refractivity contribution in [3.63, 3.8) is 0 Å². The Morgan fingerprint density at radius 2 is 2.04 bits per heavy atom. The number of aryl methyl sites for hydroxylation is 1. The highest BCUT2D eigenvalue weighted by Gasteiger charge is 2.35. The number of aromatic nitrogens is 3. The fourth-order valence-electron chi connectivity index (χ4n) is 4.18. The summed E-state index contributed by atoms with van der Waals surface area (Å²) in [6, 6.07) is 0.193. The zero-order valence-electron chi connectivity index (χ0n) is 14.4. The van der Waals surface area contributed by atoms with E-state index in [4.69, 9.17) is 4.74 Å². The molecule has 3 aliphatic rings. The molecule has 24 heavy (non-hydrogen) atoms. The third-order valence-corrected chi connectivity index (χ3v) is 5.63. The van der Waals surface area contributed by atoms with Crippen LogP contribution in [0, 0.1) is 0 Å². The van der Waals surface area contributed by atoms with Crippen molar-refractivity contribution in [1.82, 2.24) is 25.0 Å². The van der Waals surface area contributed by atoms with Crippen LogP contribution < -0.4 is 5.32 Å². The van der Waals surface area contributed by atoms with E-state index >= 15 is 0 Å². The number of nitrogens with zero attached hydrogens (tertiary/aromatic N) is 4. The lowest BCUT2D eigenvalue weighted by molar-refractivity contribution is 0.106. The second kappa shape index (κ2) is 6.70. The maximum atomic E-state index is 12.9. The van der Waals surface area contributed by atoms with E-state index in [1.165, 1.54) is 12.8 Å². The molecule has 7 heteroatoms. The Labute approximate surface area is 142 Å². The molecule has 0 saturated carbocycles. The molecule has 1 aromatic heterocycles. The molecule has 132 valence electrons. The molecule has 3 aliphatic heterocycles. The van der Waals surface area contributed by atoms with Crippen molar-refractivity contribution < 1.29 is 9.53 Å². The molecule has 0 unspecified atom stereocenters. The highest BCUT2D eigenvalue weighted by atomic mass is 16.5. The van der Waals surface area contributed by atoms with E-state index in [9.17, 15) is 4.79 Å². The summed E-state index contributed by atoms with van der Waals surface area (Å²) in [4.78, 5) is 14.8. The van der Waals surface area contributed by atoms with Crippen molar-refractivity contribution in [2.75, 3.05) is 13.2 Å². The van der Waals surface area contributed by atoms with Gasteiger partial charge in [0, 0.05) is 26.1 Å². The van der Waals surface area contributed by atoms with Gasteiger partial charge in [0.15, 0.2) is 5.82 Å². The highest BCUT2D eigenvalue weighted by Crippen LogP contribution is 2.31. The number of hydrogen-bond acceptors (Lipinski definition) is 4. The van der Waals surface area contributed by atoms with Crippen molar-refractivity contribution in [2.45, 2.75) is 76.6 Å². The molecular weight excluding hydrogens is 306 g/mol. The molecule has 2 amide bonds. The number of carbonyl (C=O) groups excluding carboxylic acids is 1. The van der Waals surface area contributed by atoms with Crippen LogP contribution in [-0.2, 0) is 17.7 Å². The molecule has 4 heterocycles. The number of amides is 2. The maximum Gasteiger partial charge on any atom is 0.318 e. The number of likely N-dealkylation sites (tertiary alicyclic amines) is 1. The summed E-state index contributed by atoms with van der Waals surface area (Å²) >= 11 is 0. The van der Waals surface area contributed by atoms with Crippen LogP contribution in [0.5, 0.6) is 0 Å². The minimum absolute atomic E-state index is 0.0233. The van der Waals surface area contributed by atoms with E-state index in [-0.39, 0.29) is 24.2 Å². The predicted molar refractivity (Wildman–Crippen MR) is 88.6 cm³/mol. The zero-order valence-corrected chi connectivity index (χ0v) is 14.4. The first kappa shape index (κ1) is 15.9. The van der Waals surface area contributed by atoms with Crippen molar-refractivity contribution in [2.24, 2.45) is 0 Å². The van der Waals surface area contributed by atoms with Gasteiger partial charge in [0.2, 0.25) is 0 Å². The lowest BCUT2D eigenvalue weighted by atomic mass is 10.0. The second-order valence-corrected chi connectivity index (χ2v) is 7.21. The SMILES string of the molecule is C[C@@H]1OCC[C@H]1NC(=O)N1CCCC[C@H]1c1nnc2n1CCCC2. The lowest BCUT2D eigenvalue weighted by Gasteiger charge is -2.36. The van der Waals surface area contributed by atoms with Gasteiger partial charge in [0.25, 0.3) is 0 Å².